The first-order valence-electron chi connectivity index (χ1n) is 21.7. The second-order valence-electron chi connectivity index (χ2n) is 18.5. The molecule has 2 heterocycles. The minimum atomic E-state index is -0.511. The van der Waals surface area contributed by atoms with Crippen molar-refractivity contribution in [3.05, 3.63) is 75.5 Å². The molecule has 5 fully saturated rings. The lowest BCUT2D eigenvalue weighted by Crippen LogP contribution is -2.54. The van der Waals surface area contributed by atoms with Gasteiger partial charge in [0.15, 0.2) is 0 Å². The Bertz CT molecular complexity index is 1880. The number of fused-ring (bicyclic) bond motifs is 6. The molecule has 8 nitrogen and oxygen atoms in total. The molecule has 5 aliphatic rings. The highest BCUT2D eigenvalue weighted by atomic mass is 19.1. The lowest BCUT2D eigenvalue weighted by molar-refractivity contribution is -0.141. The van der Waals surface area contributed by atoms with Gasteiger partial charge in [-0.05, 0) is 135 Å². The monoisotopic (exact) mass is 754 g/mol. The number of piperazine rings is 1. The van der Waals surface area contributed by atoms with Crippen LogP contribution in [0.3, 0.4) is 0 Å². The highest BCUT2D eigenvalue weighted by Gasteiger charge is 2.60. The van der Waals surface area contributed by atoms with Gasteiger partial charge in [0.1, 0.15) is 5.82 Å². The Kier molecular flexibility index (Phi) is 11.5. The zero-order valence-corrected chi connectivity index (χ0v) is 33.2. The van der Waals surface area contributed by atoms with Crippen molar-refractivity contribution in [2.75, 3.05) is 39.3 Å². The second kappa shape index (κ2) is 16.4. The van der Waals surface area contributed by atoms with E-state index in [0.717, 1.165) is 86.5 Å². The molecule has 8 atom stereocenters. The smallest absolute Gasteiger partial charge is 0.272 e. The minimum absolute atomic E-state index is 0.0680. The molecule has 1 saturated heterocycles. The summed E-state index contributed by atoms with van der Waals surface area (Å²) in [4.78, 5) is 29.9. The number of aliphatic hydroxyl groups excluding tert-OH is 1. The highest BCUT2D eigenvalue weighted by Crippen LogP contribution is 2.66. The first-order valence-corrected chi connectivity index (χ1v) is 21.7. The van der Waals surface area contributed by atoms with E-state index in [4.69, 9.17) is 4.74 Å². The Morgan fingerprint density at radius 2 is 1.64 bits per heavy atom. The maximum atomic E-state index is 15.0. The van der Waals surface area contributed by atoms with E-state index in [-0.39, 0.29) is 23.1 Å². The largest absolute Gasteiger partial charge is 0.393 e. The van der Waals surface area contributed by atoms with Gasteiger partial charge in [-0.3, -0.25) is 14.5 Å². The van der Waals surface area contributed by atoms with Crippen molar-refractivity contribution in [3.63, 3.8) is 0 Å². The van der Waals surface area contributed by atoms with Crippen LogP contribution in [0, 0.1) is 40.3 Å². The zero-order valence-electron chi connectivity index (χ0n) is 33.2. The zero-order chi connectivity index (χ0) is 38.2. The number of unbranched alkanes of at least 4 members (excludes halogenated alkanes) is 4. The van der Waals surface area contributed by atoms with Crippen LogP contribution in [0.1, 0.15) is 125 Å². The molecule has 1 aromatic heterocycles. The number of aromatic amines is 1. The van der Waals surface area contributed by atoms with Crippen LogP contribution in [0.15, 0.2) is 47.3 Å². The number of nitrogens with one attached hydrogen (secondary N) is 1. The van der Waals surface area contributed by atoms with Crippen LogP contribution < -0.4 is 5.56 Å². The molecule has 0 radical (unpaired) electrons. The van der Waals surface area contributed by atoms with Gasteiger partial charge < -0.3 is 14.7 Å². The third-order valence-corrected chi connectivity index (χ3v) is 15.6. The van der Waals surface area contributed by atoms with Crippen LogP contribution >= 0.6 is 0 Å². The quantitative estimate of drug-likeness (QED) is 0.181. The van der Waals surface area contributed by atoms with Gasteiger partial charge in [-0.2, -0.15) is 5.10 Å². The number of rotatable bonds is 12. The number of H-pyrrole nitrogens is 1. The van der Waals surface area contributed by atoms with Crippen molar-refractivity contribution in [2.24, 2.45) is 34.5 Å². The van der Waals surface area contributed by atoms with Crippen molar-refractivity contribution in [1.82, 2.24) is 20.0 Å². The van der Waals surface area contributed by atoms with Crippen LogP contribution in [0.4, 0.5) is 4.39 Å². The average molecular weight is 755 g/mol. The van der Waals surface area contributed by atoms with Crippen molar-refractivity contribution in [2.45, 2.75) is 122 Å². The summed E-state index contributed by atoms with van der Waals surface area (Å²) >= 11 is 0. The molecule has 1 unspecified atom stereocenters. The number of nitrogens with zero attached hydrogens (tertiary/aromatic N) is 3. The number of amides is 1. The van der Waals surface area contributed by atoms with E-state index in [1.165, 1.54) is 70.3 Å². The van der Waals surface area contributed by atoms with Crippen molar-refractivity contribution in [1.29, 1.82) is 0 Å². The fraction of sp³-hybridized carbons (Fsp3) is 0.674. The number of hydrogen-bond donors (Lipinski definition) is 2. The Morgan fingerprint density at radius 1 is 0.891 bits per heavy atom. The average Bonchev–Trinajstić information content (AvgIpc) is 3.54. The maximum absolute atomic E-state index is 15.0. The molecular formula is C46H63FN4O4. The molecule has 298 valence electrons. The summed E-state index contributed by atoms with van der Waals surface area (Å²) < 4.78 is 21.7. The number of halogens is 1. The predicted octanol–water partition coefficient (Wildman–Crippen LogP) is 8.15. The molecule has 55 heavy (non-hydrogen) atoms. The van der Waals surface area contributed by atoms with E-state index >= 15 is 0 Å². The summed E-state index contributed by atoms with van der Waals surface area (Å²) in [7, 11) is 0. The van der Waals surface area contributed by atoms with Gasteiger partial charge in [0.2, 0.25) is 0 Å². The van der Waals surface area contributed by atoms with Gasteiger partial charge in [-0.25, -0.2) is 9.49 Å². The summed E-state index contributed by atoms with van der Waals surface area (Å²) in [6.45, 7) is 9.87. The number of benzene rings is 2. The van der Waals surface area contributed by atoms with Crippen LogP contribution in [0.25, 0.3) is 10.8 Å². The highest BCUT2D eigenvalue weighted by molar-refractivity contribution is 5.95. The third-order valence-electron chi connectivity index (χ3n) is 15.6. The van der Waals surface area contributed by atoms with Gasteiger partial charge in [-0.15, -0.1) is 0 Å². The van der Waals surface area contributed by atoms with Gasteiger partial charge in [-0.1, -0.05) is 57.4 Å². The third kappa shape index (κ3) is 7.79. The summed E-state index contributed by atoms with van der Waals surface area (Å²) in [6.07, 6.45) is 17.9. The lowest BCUT2D eigenvalue weighted by atomic mass is 9.45. The first kappa shape index (κ1) is 38.7. The summed E-state index contributed by atoms with van der Waals surface area (Å²) in [5.41, 5.74) is 2.09. The molecule has 9 heteroatoms. The fourth-order valence-corrected chi connectivity index (χ4v) is 12.3. The maximum Gasteiger partial charge on any atom is 0.272 e. The number of ether oxygens (including phenoxy) is 1. The molecular weight excluding hydrogens is 692 g/mol. The van der Waals surface area contributed by atoms with Crippen LogP contribution in [-0.2, 0) is 11.2 Å². The summed E-state index contributed by atoms with van der Waals surface area (Å²) in [5, 5.41) is 18.5. The number of hydrogen-bond acceptors (Lipinski definition) is 6. The van der Waals surface area contributed by atoms with Crippen LogP contribution in [-0.4, -0.2) is 82.5 Å². The number of carbonyl (C=O) groups excluding carboxylic acids is 1. The van der Waals surface area contributed by atoms with Crippen molar-refractivity contribution >= 4 is 16.7 Å². The fourth-order valence-electron chi connectivity index (χ4n) is 12.3. The molecule has 1 amide bonds. The molecule has 0 bridgehead atoms. The van der Waals surface area contributed by atoms with E-state index in [1.807, 2.05) is 18.2 Å². The number of carbonyl (C=O) groups is 1. The Balaban J connectivity index is 0.725. The second-order valence-corrected chi connectivity index (χ2v) is 18.5. The van der Waals surface area contributed by atoms with Crippen molar-refractivity contribution < 1.29 is 19.0 Å². The normalized spacial score (nSPS) is 32.3. The molecule has 0 spiro atoms. The molecule has 2 aromatic carbocycles. The molecule has 8 rings (SSSR count). The number of aliphatic hydroxyl groups is 1. The van der Waals surface area contributed by atoms with E-state index in [0.29, 0.717) is 47.5 Å². The van der Waals surface area contributed by atoms with Gasteiger partial charge in [0.05, 0.1) is 28.9 Å². The van der Waals surface area contributed by atoms with Gasteiger partial charge in [0, 0.05) is 44.6 Å². The van der Waals surface area contributed by atoms with E-state index in [9.17, 15) is 19.1 Å². The summed E-state index contributed by atoms with van der Waals surface area (Å²) in [6, 6.07) is 12.0. The predicted molar refractivity (Wildman–Crippen MR) is 214 cm³/mol. The molecule has 1 aliphatic heterocycles. The van der Waals surface area contributed by atoms with E-state index in [1.54, 1.807) is 23.1 Å². The molecule has 3 aromatic rings. The van der Waals surface area contributed by atoms with Crippen LogP contribution in [0.2, 0.25) is 0 Å². The Hall–Kier alpha value is -3.14. The summed E-state index contributed by atoms with van der Waals surface area (Å²) in [5.74, 6) is 2.46. The van der Waals surface area contributed by atoms with Crippen molar-refractivity contribution in [3.8, 4) is 0 Å². The molecule has 4 aliphatic carbocycles. The lowest BCUT2D eigenvalue weighted by Gasteiger charge is -2.60. The SMILES string of the molecule is C[C@]12CCC(O)C[C@@H]1CC[C@@H]1[C@@H]2CC[C@]2(C)[C@@H](OCCCCCCCN3CCN(C(=O)c4cc(Cc5n[nH]c(=O)c6ccccc56)ccc4F)CC3)CC[C@@H]12. The molecule has 2 N–H and O–H groups in total. The van der Waals surface area contributed by atoms with E-state index in [2.05, 4.69) is 28.9 Å². The molecule has 4 saturated carbocycles. The minimum Gasteiger partial charge on any atom is -0.393 e. The Morgan fingerprint density at radius 3 is 2.47 bits per heavy atom. The number of aromatic nitrogens is 2. The topological polar surface area (TPSA) is 98.8 Å². The Labute approximate surface area is 326 Å². The van der Waals surface area contributed by atoms with E-state index < -0.39 is 5.82 Å². The first-order chi connectivity index (χ1) is 26.6. The standard InChI is InChI=1S/C46H63FN4O4/c1-45-20-18-33(52)30-32(45)13-14-36-38-15-17-42(46(38,2)21-19-39(36)45)55-27-9-5-3-4-8-22-50-23-25-51(26-24-50)44(54)37-28-31(12-16-40(37)47)29-41-34-10-6-7-11-35(34)43(53)49-48-41/h6-7,10-12,16,28,32-33,36,38-39,42,52H,3-5,8-9,13-15,17-27,29-30H2,1-2H3,(H,49,53)/t32-,33?,36-,38-,39-,42-,45-,46-/m0/s1. The van der Waals surface area contributed by atoms with Gasteiger partial charge in [0.25, 0.3) is 11.5 Å². The van der Waals surface area contributed by atoms with Gasteiger partial charge >= 0.3 is 0 Å². The van der Waals surface area contributed by atoms with Crippen LogP contribution in [0.5, 0.6) is 0 Å².